The lowest BCUT2D eigenvalue weighted by Crippen LogP contribution is -2.31. The van der Waals surface area contributed by atoms with Crippen LogP contribution in [0.3, 0.4) is 0 Å². The first kappa shape index (κ1) is 14.5. The lowest BCUT2D eigenvalue weighted by Gasteiger charge is -2.24. The van der Waals surface area contributed by atoms with Crippen molar-refractivity contribution in [1.82, 2.24) is 0 Å². The van der Waals surface area contributed by atoms with E-state index in [1.165, 1.54) is 13.1 Å². The third-order valence-electron chi connectivity index (χ3n) is 2.23. The van der Waals surface area contributed by atoms with E-state index in [9.17, 15) is 13.2 Å². The van der Waals surface area contributed by atoms with Crippen LogP contribution in [0.5, 0.6) is 5.75 Å². The van der Waals surface area contributed by atoms with Crippen LogP contribution < -0.4 is 15.4 Å². The molecule has 1 rings (SSSR count). The molecular formula is C12H17F3N2O. The van der Waals surface area contributed by atoms with Crippen molar-refractivity contribution in [1.29, 1.82) is 0 Å². The van der Waals surface area contributed by atoms with Gasteiger partial charge in [0.1, 0.15) is 12.3 Å². The molecule has 0 aliphatic carbocycles. The van der Waals surface area contributed by atoms with Gasteiger partial charge in [0.05, 0.1) is 17.5 Å². The number of hydrogen-bond acceptors (Lipinski definition) is 3. The van der Waals surface area contributed by atoms with Gasteiger partial charge in [0.15, 0.2) is 0 Å². The summed E-state index contributed by atoms with van der Waals surface area (Å²) in [7, 11) is 1.35. The minimum Gasteiger partial charge on any atom is -0.489 e. The van der Waals surface area contributed by atoms with Gasteiger partial charge in [-0.3, -0.25) is 0 Å². The van der Waals surface area contributed by atoms with Crippen LogP contribution in [0.15, 0.2) is 18.2 Å². The third kappa shape index (κ3) is 4.01. The van der Waals surface area contributed by atoms with Crippen LogP contribution in [0.2, 0.25) is 0 Å². The van der Waals surface area contributed by atoms with Gasteiger partial charge >= 0.3 is 6.18 Å². The van der Waals surface area contributed by atoms with Crippen LogP contribution in [0.1, 0.15) is 13.8 Å². The second-order valence-corrected chi connectivity index (χ2v) is 4.33. The number of halogens is 3. The zero-order valence-electron chi connectivity index (χ0n) is 10.6. The predicted molar refractivity (Wildman–Crippen MR) is 65.9 cm³/mol. The number of alkyl halides is 3. The van der Waals surface area contributed by atoms with Gasteiger partial charge in [0.2, 0.25) is 0 Å². The van der Waals surface area contributed by atoms with Crippen molar-refractivity contribution in [3.05, 3.63) is 18.2 Å². The normalized spacial score (nSPS) is 11.7. The summed E-state index contributed by atoms with van der Waals surface area (Å²) in [5, 5.41) is 0. The summed E-state index contributed by atoms with van der Waals surface area (Å²) >= 11 is 0. The fourth-order valence-electron chi connectivity index (χ4n) is 1.58. The fourth-order valence-corrected chi connectivity index (χ4v) is 1.58. The van der Waals surface area contributed by atoms with E-state index in [0.29, 0.717) is 11.4 Å². The lowest BCUT2D eigenvalue weighted by molar-refractivity contribution is -0.119. The number of hydrogen-bond donors (Lipinski definition) is 1. The van der Waals surface area contributed by atoms with E-state index in [2.05, 4.69) is 0 Å². The summed E-state index contributed by atoms with van der Waals surface area (Å²) < 4.78 is 42.4. The number of benzene rings is 1. The van der Waals surface area contributed by atoms with Crippen LogP contribution >= 0.6 is 0 Å². The third-order valence-corrected chi connectivity index (χ3v) is 2.23. The Hall–Kier alpha value is -1.59. The molecule has 1 aromatic rings. The maximum atomic E-state index is 12.3. The van der Waals surface area contributed by atoms with Crippen molar-refractivity contribution in [2.45, 2.75) is 26.1 Å². The van der Waals surface area contributed by atoms with E-state index >= 15 is 0 Å². The first-order chi connectivity index (χ1) is 8.20. The lowest BCUT2D eigenvalue weighted by atomic mass is 10.2. The Labute approximate surface area is 104 Å². The van der Waals surface area contributed by atoms with Gasteiger partial charge in [-0.25, -0.2) is 0 Å². The summed E-state index contributed by atoms with van der Waals surface area (Å²) in [6, 6.07) is 4.80. The molecule has 0 heterocycles. The molecule has 0 saturated carbocycles. The van der Waals surface area contributed by atoms with E-state index in [0.717, 1.165) is 4.90 Å². The predicted octanol–water partition coefficient (Wildman–Crippen LogP) is 3.05. The van der Waals surface area contributed by atoms with Crippen LogP contribution in [-0.4, -0.2) is 25.9 Å². The molecule has 0 aliphatic rings. The number of ether oxygens (including phenoxy) is 1. The van der Waals surface area contributed by atoms with Crippen molar-refractivity contribution in [3.8, 4) is 5.75 Å². The van der Waals surface area contributed by atoms with Gasteiger partial charge in [-0.1, -0.05) is 6.07 Å². The number of nitrogen functional groups attached to an aromatic ring is 1. The maximum Gasteiger partial charge on any atom is 0.405 e. The standard InChI is InChI=1S/C12H17F3N2O/c1-8(2)18-10-6-4-5-9(11(10)16)17(3)7-12(13,14)15/h4-6,8H,7,16H2,1-3H3. The Balaban J connectivity index is 2.96. The van der Waals surface area contributed by atoms with Crippen molar-refractivity contribution in [3.63, 3.8) is 0 Å². The largest absolute Gasteiger partial charge is 0.489 e. The molecule has 6 heteroatoms. The summed E-state index contributed by atoms with van der Waals surface area (Å²) in [6.45, 7) is 2.60. The highest BCUT2D eigenvalue weighted by molar-refractivity contribution is 5.73. The van der Waals surface area contributed by atoms with Crippen molar-refractivity contribution < 1.29 is 17.9 Å². The molecule has 3 nitrogen and oxygen atoms in total. The molecule has 1 aromatic carbocycles. The van der Waals surface area contributed by atoms with E-state index < -0.39 is 12.7 Å². The molecule has 102 valence electrons. The minimum atomic E-state index is -4.27. The summed E-state index contributed by atoms with van der Waals surface area (Å²) in [4.78, 5) is 1.06. The first-order valence-corrected chi connectivity index (χ1v) is 5.53. The molecule has 0 radical (unpaired) electrons. The van der Waals surface area contributed by atoms with Gasteiger partial charge in [-0.15, -0.1) is 0 Å². The topological polar surface area (TPSA) is 38.5 Å². The molecular weight excluding hydrogens is 245 g/mol. The Morgan fingerprint density at radius 1 is 1.33 bits per heavy atom. The van der Waals surface area contributed by atoms with Gasteiger partial charge in [-0.2, -0.15) is 13.2 Å². The molecule has 0 aliphatic heterocycles. The number of nitrogens with zero attached hydrogens (tertiary/aromatic N) is 1. The molecule has 0 aromatic heterocycles. The molecule has 0 atom stereocenters. The number of para-hydroxylation sites is 1. The van der Waals surface area contributed by atoms with Gasteiger partial charge in [0.25, 0.3) is 0 Å². The molecule has 0 bridgehead atoms. The highest BCUT2D eigenvalue weighted by Gasteiger charge is 2.30. The zero-order valence-corrected chi connectivity index (χ0v) is 10.6. The highest BCUT2D eigenvalue weighted by atomic mass is 19.4. The number of rotatable bonds is 4. The summed E-state index contributed by atoms with van der Waals surface area (Å²) in [5.74, 6) is 0.400. The SMILES string of the molecule is CC(C)Oc1cccc(N(C)CC(F)(F)F)c1N. The van der Waals surface area contributed by atoms with E-state index in [4.69, 9.17) is 10.5 Å². The van der Waals surface area contributed by atoms with Gasteiger partial charge in [0, 0.05) is 7.05 Å². The Morgan fingerprint density at radius 2 is 1.94 bits per heavy atom. The van der Waals surface area contributed by atoms with Crippen molar-refractivity contribution in [2.24, 2.45) is 0 Å². The average Bonchev–Trinajstić information content (AvgIpc) is 2.17. The van der Waals surface area contributed by atoms with Crippen molar-refractivity contribution in [2.75, 3.05) is 24.2 Å². The van der Waals surface area contributed by atoms with E-state index in [-0.39, 0.29) is 11.8 Å². The number of anilines is 2. The minimum absolute atomic E-state index is 0.0875. The smallest absolute Gasteiger partial charge is 0.405 e. The van der Waals surface area contributed by atoms with Crippen LogP contribution in [-0.2, 0) is 0 Å². The maximum absolute atomic E-state index is 12.3. The highest BCUT2D eigenvalue weighted by Crippen LogP contribution is 2.33. The Bertz CT molecular complexity index is 405. The fraction of sp³-hybridized carbons (Fsp3) is 0.500. The molecule has 18 heavy (non-hydrogen) atoms. The monoisotopic (exact) mass is 262 g/mol. The second kappa shape index (κ2) is 5.37. The van der Waals surface area contributed by atoms with E-state index in [1.54, 1.807) is 12.1 Å². The van der Waals surface area contributed by atoms with Crippen molar-refractivity contribution >= 4 is 11.4 Å². The Kier molecular flexibility index (Phi) is 4.32. The molecule has 0 unspecified atom stereocenters. The van der Waals surface area contributed by atoms with Gasteiger partial charge in [-0.05, 0) is 26.0 Å². The quantitative estimate of drug-likeness (QED) is 0.847. The van der Waals surface area contributed by atoms with Crippen LogP contribution in [0, 0.1) is 0 Å². The second-order valence-electron chi connectivity index (χ2n) is 4.33. The summed E-state index contributed by atoms with van der Waals surface area (Å²) in [5.41, 5.74) is 6.35. The molecule has 0 saturated heterocycles. The molecule has 0 fully saturated rings. The first-order valence-electron chi connectivity index (χ1n) is 5.53. The van der Waals surface area contributed by atoms with Crippen LogP contribution in [0.4, 0.5) is 24.5 Å². The van der Waals surface area contributed by atoms with Crippen LogP contribution in [0.25, 0.3) is 0 Å². The van der Waals surface area contributed by atoms with Gasteiger partial charge < -0.3 is 15.4 Å². The molecule has 0 spiro atoms. The molecule has 0 amide bonds. The summed E-state index contributed by atoms with van der Waals surface area (Å²) in [6.07, 6.45) is -4.36. The zero-order chi connectivity index (χ0) is 13.9. The van der Waals surface area contributed by atoms with E-state index in [1.807, 2.05) is 13.8 Å². The number of nitrogens with two attached hydrogens (primary N) is 1. The Morgan fingerprint density at radius 3 is 2.44 bits per heavy atom. The molecule has 2 N–H and O–H groups in total. The average molecular weight is 262 g/mol.